The quantitative estimate of drug-likeness (QED) is 0.376. The van der Waals surface area contributed by atoms with E-state index in [0.29, 0.717) is 10.6 Å². The lowest BCUT2D eigenvalue weighted by Crippen LogP contribution is -2.54. The molecule has 0 saturated carbocycles. The molecular weight excluding hydrogens is 541 g/mol. The van der Waals surface area contributed by atoms with Crippen LogP contribution in [0.5, 0.6) is 0 Å². The van der Waals surface area contributed by atoms with Crippen molar-refractivity contribution in [3.05, 3.63) is 94.8 Å². The van der Waals surface area contributed by atoms with Crippen molar-refractivity contribution in [2.75, 3.05) is 10.8 Å². The molecule has 0 spiro atoms. The molecule has 3 rings (SSSR count). The summed E-state index contributed by atoms with van der Waals surface area (Å²) in [5.41, 5.74) is 1.10. The summed E-state index contributed by atoms with van der Waals surface area (Å²) < 4.78 is 42.1. The summed E-state index contributed by atoms with van der Waals surface area (Å²) in [6, 6.07) is 17.1. The number of rotatable bonds is 9. The number of aryl methyl sites for hydroxylation is 1. The van der Waals surface area contributed by atoms with E-state index in [1.807, 2.05) is 27.7 Å². The van der Waals surface area contributed by atoms with Crippen LogP contribution in [0.2, 0.25) is 5.02 Å². The number of nitrogens with one attached hydrogen (secondary N) is 1. The molecule has 3 aromatic rings. The average molecular weight is 574 g/mol. The maximum absolute atomic E-state index is 13.9. The lowest BCUT2D eigenvalue weighted by atomic mass is 10.1. The molecule has 7 nitrogen and oxygen atoms in total. The smallest absolute Gasteiger partial charge is 0.264 e. The molecule has 2 amide bonds. The topological polar surface area (TPSA) is 86.8 Å². The maximum Gasteiger partial charge on any atom is 0.264 e. The van der Waals surface area contributed by atoms with Gasteiger partial charge in [0.1, 0.15) is 18.4 Å². The summed E-state index contributed by atoms with van der Waals surface area (Å²) in [6.07, 6.45) is 0. The Morgan fingerprint density at radius 3 is 2.18 bits per heavy atom. The second kappa shape index (κ2) is 12.2. The fourth-order valence-corrected chi connectivity index (χ4v) is 5.43. The van der Waals surface area contributed by atoms with Crippen molar-refractivity contribution in [3.8, 4) is 0 Å². The highest BCUT2D eigenvalue weighted by atomic mass is 35.5. The number of anilines is 1. The number of carbonyl (C=O) groups is 2. The third-order valence-electron chi connectivity index (χ3n) is 5.92. The van der Waals surface area contributed by atoms with Gasteiger partial charge >= 0.3 is 0 Å². The van der Waals surface area contributed by atoms with E-state index in [1.165, 1.54) is 47.4 Å². The van der Waals surface area contributed by atoms with E-state index < -0.39 is 45.8 Å². The highest BCUT2D eigenvalue weighted by Crippen LogP contribution is 2.27. The third-order valence-corrected chi connectivity index (χ3v) is 7.94. The molecule has 0 bridgehead atoms. The van der Waals surface area contributed by atoms with Crippen LogP contribution in [0.4, 0.5) is 10.1 Å². The van der Waals surface area contributed by atoms with Crippen LogP contribution in [-0.4, -0.2) is 43.3 Å². The van der Waals surface area contributed by atoms with E-state index >= 15 is 0 Å². The number of amides is 2. The van der Waals surface area contributed by atoms with Crippen LogP contribution in [0.1, 0.15) is 38.8 Å². The van der Waals surface area contributed by atoms with Gasteiger partial charge in [-0.3, -0.25) is 13.9 Å². The Kier molecular flexibility index (Phi) is 9.40. The van der Waals surface area contributed by atoms with Crippen molar-refractivity contribution in [2.24, 2.45) is 0 Å². The lowest BCUT2D eigenvalue weighted by Gasteiger charge is -2.33. The van der Waals surface area contributed by atoms with Gasteiger partial charge in [-0.25, -0.2) is 12.8 Å². The number of halogens is 2. The lowest BCUT2D eigenvalue weighted by molar-refractivity contribution is -0.140. The molecule has 0 saturated heterocycles. The first-order valence-electron chi connectivity index (χ1n) is 12.4. The summed E-state index contributed by atoms with van der Waals surface area (Å²) >= 11 is 6.18. The van der Waals surface area contributed by atoms with Gasteiger partial charge < -0.3 is 10.2 Å². The molecule has 0 aliphatic heterocycles. The number of hydrogen-bond acceptors (Lipinski definition) is 4. The molecular formula is C29H33ClFN3O4S. The van der Waals surface area contributed by atoms with Gasteiger partial charge in [0.15, 0.2) is 0 Å². The Morgan fingerprint density at radius 1 is 1.00 bits per heavy atom. The highest BCUT2D eigenvalue weighted by Gasteiger charge is 2.33. The van der Waals surface area contributed by atoms with Crippen LogP contribution in [0.15, 0.2) is 77.7 Å². The van der Waals surface area contributed by atoms with Crippen molar-refractivity contribution < 1.29 is 22.4 Å². The fraction of sp³-hybridized carbons (Fsp3) is 0.310. The standard InChI is InChI=1S/C29H33ClFN3O4S/c1-20-9-15-26(16-10-20)39(37,38)34(25-8-6-7-23(30)17-25)19-27(35)33(18-22-11-13-24(31)14-12-22)21(2)28(36)32-29(3,4)5/h6-17,21H,18-19H2,1-5H3,(H,32,36). The number of carbonyl (C=O) groups excluding carboxylic acids is 2. The van der Waals surface area contributed by atoms with Gasteiger partial charge in [0.25, 0.3) is 10.0 Å². The molecule has 1 atom stereocenters. The first-order chi connectivity index (χ1) is 18.2. The van der Waals surface area contributed by atoms with Gasteiger partial charge in [0.05, 0.1) is 10.6 Å². The normalized spacial score (nSPS) is 12.5. The van der Waals surface area contributed by atoms with Crippen molar-refractivity contribution in [2.45, 2.75) is 57.6 Å². The molecule has 1 N–H and O–H groups in total. The number of benzene rings is 3. The zero-order valence-corrected chi connectivity index (χ0v) is 24.2. The molecule has 208 valence electrons. The molecule has 0 aliphatic carbocycles. The minimum absolute atomic E-state index is 0.00415. The van der Waals surface area contributed by atoms with E-state index in [0.717, 1.165) is 9.87 Å². The second-order valence-corrected chi connectivity index (χ2v) is 12.7. The first-order valence-corrected chi connectivity index (χ1v) is 14.2. The number of sulfonamides is 1. The van der Waals surface area contributed by atoms with Crippen LogP contribution < -0.4 is 9.62 Å². The zero-order chi connectivity index (χ0) is 29.0. The maximum atomic E-state index is 13.9. The predicted octanol–water partition coefficient (Wildman–Crippen LogP) is 5.31. The van der Waals surface area contributed by atoms with Crippen LogP contribution in [-0.2, 0) is 26.2 Å². The Bertz CT molecular complexity index is 1420. The Labute approximate surface area is 234 Å². The molecule has 3 aromatic carbocycles. The summed E-state index contributed by atoms with van der Waals surface area (Å²) in [5, 5.41) is 3.16. The second-order valence-electron chi connectivity index (χ2n) is 10.4. The van der Waals surface area contributed by atoms with Gasteiger partial charge in [0.2, 0.25) is 11.8 Å². The van der Waals surface area contributed by atoms with Gasteiger partial charge in [-0.05, 0) is 82.6 Å². The fourth-order valence-electron chi connectivity index (χ4n) is 3.84. The van der Waals surface area contributed by atoms with Gasteiger partial charge in [-0.1, -0.05) is 47.5 Å². The van der Waals surface area contributed by atoms with Gasteiger partial charge in [0, 0.05) is 17.1 Å². The zero-order valence-electron chi connectivity index (χ0n) is 22.6. The Balaban J connectivity index is 2.03. The van der Waals surface area contributed by atoms with Crippen LogP contribution >= 0.6 is 11.6 Å². The predicted molar refractivity (Wildman–Crippen MR) is 151 cm³/mol. The van der Waals surface area contributed by atoms with Crippen molar-refractivity contribution >= 4 is 39.1 Å². The summed E-state index contributed by atoms with van der Waals surface area (Å²) in [4.78, 5) is 28.2. The van der Waals surface area contributed by atoms with E-state index in [4.69, 9.17) is 11.6 Å². The first kappa shape index (κ1) is 30.1. The van der Waals surface area contributed by atoms with E-state index in [1.54, 1.807) is 37.3 Å². The van der Waals surface area contributed by atoms with Gasteiger partial charge in [-0.15, -0.1) is 0 Å². The molecule has 39 heavy (non-hydrogen) atoms. The van der Waals surface area contributed by atoms with E-state index in [2.05, 4.69) is 5.32 Å². The van der Waals surface area contributed by atoms with Crippen LogP contribution in [0.3, 0.4) is 0 Å². The largest absolute Gasteiger partial charge is 0.350 e. The van der Waals surface area contributed by atoms with Crippen LogP contribution in [0, 0.1) is 12.7 Å². The van der Waals surface area contributed by atoms with Crippen molar-refractivity contribution in [1.82, 2.24) is 10.2 Å². The summed E-state index contributed by atoms with van der Waals surface area (Å²) in [6.45, 7) is 8.24. The average Bonchev–Trinajstić information content (AvgIpc) is 2.85. The SMILES string of the molecule is Cc1ccc(S(=O)(=O)N(CC(=O)N(Cc2ccc(F)cc2)C(C)C(=O)NC(C)(C)C)c2cccc(Cl)c2)cc1. The molecule has 0 aliphatic rings. The monoisotopic (exact) mass is 573 g/mol. The molecule has 0 radical (unpaired) electrons. The number of nitrogens with zero attached hydrogens (tertiary/aromatic N) is 2. The Hall–Kier alpha value is -3.43. The molecule has 0 aromatic heterocycles. The molecule has 10 heteroatoms. The Morgan fingerprint density at radius 2 is 1.62 bits per heavy atom. The van der Waals surface area contributed by atoms with Crippen molar-refractivity contribution in [3.63, 3.8) is 0 Å². The summed E-state index contributed by atoms with van der Waals surface area (Å²) in [5.74, 6) is -1.47. The van der Waals surface area contributed by atoms with E-state index in [9.17, 15) is 22.4 Å². The molecule has 0 fully saturated rings. The summed E-state index contributed by atoms with van der Waals surface area (Å²) in [7, 11) is -4.19. The minimum atomic E-state index is -4.19. The van der Waals surface area contributed by atoms with Crippen LogP contribution in [0.25, 0.3) is 0 Å². The number of hydrogen-bond donors (Lipinski definition) is 1. The molecule has 1 unspecified atom stereocenters. The highest BCUT2D eigenvalue weighted by molar-refractivity contribution is 7.92. The molecule has 0 heterocycles. The van der Waals surface area contributed by atoms with E-state index in [-0.39, 0.29) is 17.1 Å². The van der Waals surface area contributed by atoms with Crippen molar-refractivity contribution in [1.29, 1.82) is 0 Å². The third kappa shape index (κ3) is 8.03. The van der Waals surface area contributed by atoms with Gasteiger partial charge in [-0.2, -0.15) is 0 Å². The minimum Gasteiger partial charge on any atom is -0.350 e.